The van der Waals surface area contributed by atoms with Crippen LogP contribution in [0.15, 0.2) is 48.8 Å². The molecule has 0 aliphatic carbocycles. The van der Waals surface area contributed by atoms with Gasteiger partial charge in [-0.25, -0.2) is 4.79 Å². The summed E-state index contributed by atoms with van der Waals surface area (Å²) in [5.41, 5.74) is 0. The summed E-state index contributed by atoms with van der Waals surface area (Å²) in [6.07, 6.45) is 6.03. The van der Waals surface area contributed by atoms with Crippen LogP contribution in [0.3, 0.4) is 0 Å². The lowest BCUT2D eigenvalue weighted by atomic mass is 10.2. The maximum absolute atomic E-state index is 10.6. The van der Waals surface area contributed by atoms with Gasteiger partial charge in [-0.05, 0) is 36.4 Å². The van der Waals surface area contributed by atoms with Crippen molar-refractivity contribution in [3.63, 3.8) is 0 Å². The number of fused-ring (bicyclic) bond motifs is 1. The number of halogens is 1. The lowest BCUT2D eigenvalue weighted by molar-refractivity contribution is -0.131. The molecule has 0 amide bonds. The second-order valence-electron chi connectivity index (χ2n) is 4.43. The molecule has 0 saturated heterocycles. The molecule has 0 fully saturated rings. The Labute approximate surface area is 135 Å². The van der Waals surface area contributed by atoms with E-state index in [1.54, 1.807) is 42.7 Å². The van der Waals surface area contributed by atoms with Crippen molar-refractivity contribution in [2.24, 2.45) is 0 Å². The van der Waals surface area contributed by atoms with Gasteiger partial charge in [0.25, 0.3) is 0 Å². The number of aromatic nitrogens is 1. The second-order valence-corrected chi connectivity index (χ2v) is 5.98. The summed E-state index contributed by atoms with van der Waals surface area (Å²) in [4.78, 5) is 15.6. The third-order valence-corrected chi connectivity index (χ3v) is 4.15. The molecule has 4 nitrogen and oxygen atoms in total. The summed E-state index contributed by atoms with van der Waals surface area (Å²) in [5.74, 6) is 0.298. The Kier molecular flexibility index (Phi) is 4.09. The van der Waals surface area contributed by atoms with Gasteiger partial charge in [-0.15, -0.1) is 11.3 Å². The normalized spacial score (nSPS) is 11.1. The third kappa shape index (κ3) is 3.27. The van der Waals surface area contributed by atoms with E-state index in [2.05, 4.69) is 4.98 Å². The minimum absolute atomic E-state index is 0.617. The van der Waals surface area contributed by atoms with E-state index in [1.165, 1.54) is 11.3 Å². The van der Waals surface area contributed by atoms with Gasteiger partial charge in [0.1, 0.15) is 5.75 Å². The number of nitrogens with zero attached hydrogens (tertiary/aromatic N) is 1. The maximum Gasteiger partial charge on any atom is 0.328 e. The van der Waals surface area contributed by atoms with Crippen LogP contribution >= 0.6 is 22.9 Å². The molecule has 2 aromatic heterocycles. The number of carboxylic acids is 1. The highest BCUT2D eigenvalue weighted by Gasteiger charge is 2.08. The van der Waals surface area contributed by atoms with Crippen LogP contribution in [-0.4, -0.2) is 16.1 Å². The Hall–Kier alpha value is -2.37. The van der Waals surface area contributed by atoms with Crippen molar-refractivity contribution in [3.05, 3.63) is 58.7 Å². The van der Waals surface area contributed by atoms with E-state index in [0.29, 0.717) is 16.5 Å². The van der Waals surface area contributed by atoms with E-state index in [1.807, 2.05) is 6.07 Å². The van der Waals surface area contributed by atoms with Crippen molar-refractivity contribution in [2.45, 2.75) is 0 Å². The second kappa shape index (κ2) is 6.17. The van der Waals surface area contributed by atoms with Gasteiger partial charge >= 0.3 is 5.97 Å². The van der Waals surface area contributed by atoms with Crippen molar-refractivity contribution < 1.29 is 14.6 Å². The minimum Gasteiger partial charge on any atom is -0.478 e. The van der Waals surface area contributed by atoms with E-state index >= 15 is 0 Å². The lowest BCUT2D eigenvalue weighted by Gasteiger charge is -2.06. The average Bonchev–Trinajstić information content (AvgIpc) is 2.92. The fourth-order valence-corrected chi connectivity index (χ4v) is 2.98. The van der Waals surface area contributed by atoms with Gasteiger partial charge in [-0.3, -0.25) is 4.98 Å². The number of rotatable bonds is 4. The molecule has 1 aromatic carbocycles. The molecular formula is C16H10ClNO3S. The van der Waals surface area contributed by atoms with Gasteiger partial charge in [-0.1, -0.05) is 11.6 Å². The largest absolute Gasteiger partial charge is 0.478 e. The number of hydrogen-bond donors (Lipinski definition) is 1. The average molecular weight is 332 g/mol. The highest BCUT2D eigenvalue weighted by molar-refractivity contribution is 7.19. The molecule has 2 heterocycles. The van der Waals surface area contributed by atoms with E-state index in [-0.39, 0.29) is 0 Å². The first-order chi connectivity index (χ1) is 10.6. The Morgan fingerprint density at radius 2 is 2.05 bits per heavy atom. The Balaban J connectivity index is 1.95. The SMILES string of the molecule is O=C(O)C=Cc1cc2c(Oc3ccc(Cl)cc3)cncc2s1. The summed E-state index contributed by atoms with van der Waals surface area (Å²) in [6.45, 7) is 0. The summed E-state index contributed by atoms with van der Waals surface area (Å²) < 4.78 is 6.76. The summed E-state index contributed by atoms with van der Waals surface area (Å²) >= 11 is 7.30. The highest BCUT2D eigenvalue weighted by atomic mass is 35.5. The van der Waals surface area contributed by atoms with Crippen molar-refractivity contribution in [3.8, 4) is 11.5 Å². The molecule has 3 rings (SSSR count). The van der Waals surface area contributed by atoms with E-state index in [9.17, 15) is 4.79 Å². The molecule has 0 saturated carbocycles. The molecule has 6 heteroatoms. The first kappa shape index (κ1) is 14.6. The molecule has 3 aromatic rings. The van der Waals surface area contributed by atoms with Gasteiger partial charge < -0.3 is 9.84 Å². The van der Waals surface area contributed by atoms with Crippen LogP contribution in [0.5, 0.6) is 11.5 Å². The number of pyridine rings is 1. The van der Waals surface area contributed by atoms with Crippen LogP contribution in [0.1, 0.15) is 4.88 Å². The predicted octanol–water partition coefficient (Wildman–Crippen LogP) is 4.84. The summed E-state index contributed by atoms with van der Waals surface area (Å²) in [6, 6.07) is 8.93. The van der Waals surface area contributed by atoms with Gasteiger partial charge in [0.05, 0.1) is 10.9 Å². The number of ether oxygens (including phenoxy) is 1. The Bertz CT molecular complexity index is 855. The number of carbonyl (C=O) groups is 1. The zero-order chi connectivity index (χ0) is 15.5. The van der Waals surface area contributed by atoms with Gasteiger partial charge in [-0.2, -0.15) is 0 Å². The minimum atomic E-state index is -0.979. The Morgan fingerprint density at radius 1 is 1.27 bits per heavy atom. The highest BCUT2D eigenvalue weighted by Crippen LogP contribution is 2.35. The van der Waals surface area contributed by atoms with Crippen LogP contribution in [-0.2, 0) is 4.79 Å². The van der Waals surface area contributed by atoms with Crippen LogP contribution in [0.25, 0.3) is 16.2 Å². The van der Waals surface area contributed by atoms with Crippen molar-refractivity contribution in [2.75, 3.05) is 0 Å². The quantitative estimate of drug-likeness (QED) is 0.695. The molecule has 0 radical (unpaired) electrons. The maximum atomic E-state index is 10.6. The predicted molar refractivity (Wildman–Crippen MR) is 87.8 cm³/mol. The molecular weight excluding hydrogens is 322 g/mol. The number of hydrogen-bond acceptors (Lipinski definition) is 4. The number of aliphatic carboxylic acids is 1. The molecule has 110 valence electrons. The molecule has 1 N–H and O–H groups in total. The molecule has 0 spiro atoms. The van der Waals surface area contributed by atoms with Crippen molar-refractivity contribution in [1.82, 2.24) is 4.98 Å². The zero-order valence-corrected chi connectivity index (χ0v) is 12.8. The molecule has 0 atom stereocenters. The van der Waals surface area contributed by atoms with Crippen LogP contribution in [0.2, 0.25) is 5.02 Å². The van der Waals surface area contributed by atoms with Crippen molar-refractivity contribution >= 4 is 45.1 Å². The monoisotopic (exact) mass is 331 g/mol. The van der Waals surface area contributed by atoms with E-state index in [4.69, 9.17) is 21.4 Å². The first-order valence-electron chi connectivity index (χ1n) is 6.34. The molecule has 22 heavy (non-hydrogen) atoms. The zero-order valence-electron chi connectivity index (χ0n) is 11.2. The smallest absolute Gasteiger partial charge is 0.328 e. The number of benzene rings is 1. The summed E-state index contributed by atoms with van der Waals surface area (Å²) in [7, 11) is 0. The van der Waals surface area contributed by atoms with Gasteiger partial charge in [0.15, 0.2) is 5.75 Å². The third-order valence-electron chi connectivity index (χ3n) is 2.86. The first-order valence-corrected chi connectivity index (χ1v) is 7.53. The standard InChI is InChI=1S/C16H10ClNO3S/c17-10-1-3-11(4-2-10)21-14-8-18-9-15-13(14)7-12(22-15)5-6-16(19)20/h1-9H,(H,19,20). The van der Waals surface area contributed by atoms with Crippen LogP contribution in [0, 0.1) is 0 Å². The number of thiophene rings is 1. The van der Waals surface area contributed by atoms with Gasteiger partial charge in [0.2, 0.25) is 0 Å². The molecule has 0 aliphatic heterocycles. The lowest BCUT2D eigenvalue weighted by Crippen LogP contribution is -1.85. The summed E-state index contributed by atoms with van der Waals surface area (Å²) in [5, 5.41) is 10.2. The fraction of sp³-hybridized carbons (Fsp3) is 0. The molecule has 0 bridgehead atoms. The topological polar surface area (TPSA) is 59.4 Å². The van der Waals surface area contributed by atoms with E-state index in [0.717, 1.165) is 21.0 Å². The Morgan fingerprint density at radius 3 is 2.77 bits per heavy atom. The van der Waals surface area contributed by atoms with Crippen LogP contribution in [0.4, 0.5) is 0 Å². The van der Waals surface area contributed by atoms with Gasteiger partial charge in [0, 0.05) is 27.6 Å². The van der Waals surface area contributed by atoms with Crippen LogP contribution < -0.4 is 4.74 Å². The fourth-order valence-electron chi connectivity index (χ4n) is 1.90. The molecule has 0 unspecified atom stereocenters. The molecule has 0 aliphatic rings. The number of carboxylic acid groups (broad SMARTS) is 1. The van der Waals surface area contributed by atoms with E-state index < -0.39 is 5.97 Å². The van der Waals surface area contributed by atoms with Crippen molar-refractivity contribution in [1.29, 1.82) is 0 Å².